The SMILES string of the molecule is C[C@H]1Cn2ncc(C(=O)Nc3ccc(OC4CN(C(=O)O)C4)c(C#N)c3)c2C(=O)N1c1ccc(C(F)(F)c2ccccc2)cc1. The van der Waals surface area contributed by atoms with E-state index in [1.807, 2.05) is 6.07 Å². The number of anilines is 2. The number of aromatic nitrogens is 2. The van der Waals surface area contributed by atoms with E-state index in [9.17, 15) is 19.6 Å². The van der Waals surface area contributed by atoms with E-state index in [2.05, 4.69) is 10.4 Å². The highest BCUT2D eigenvalue weighted by Gasteiger charge is 2.38. The predicted octanol–water partition coefficient (Wildman–Crippen LogP) is 4.94. The third-order valence-corrected chi connectivity index (χ3v) is 7.80. The molecular weight excluding hydrogens is 586 g/mol. The Labute approximate surface area is 255 Å². The second-order valence-corrected chi connectivity index (χ2v) is 10.8. The summed E-state index contributed by atoms with van der Waals surface area (Å²) >= 11 is 0. The van der Waals surface area contributed by atoms with Crippen LogP contribution in [-0.4, -0.2) is 62.9 Å². The number of carboxylic acid groups (broad SMARTS) is 1. The molecule has 6 rings (SSSR count). The summed E-state index contributed by atoms with van der Waals surface area (Å²) in [7, 11) is 0. The molecule has 0 aliphatic carbocycles. The Morgan fingerprint density at radius 1 is 1.04 bits per heavy atom. The number of nitrogens with zero attached hydrogens (tertiary/aromatic N) is 5. The molecule has 0 bridgehead atoms. The normalized spacial score (nSPS) is 16.4. The summed E-state index contributed by atoms with van der Waals surface area (Å²) in [5.41, 5.74) is 0.482. The van der Waals surface area contributed by atoms with E-state index in [1.54, 1.807) is 25.1 Å². The van der Waals surface area contributed by atoms with Crippen LogP contribution in [0.4, 0.5) is 25.0 Å². The number of likely N-dealkylation sites (tertiary alicyclic amines) is 1. The molecule has 1 saturated heterocycles. The number of benzene rings is 3. The van der Waals surface area contributed by atoms with E-state index in [1.165, 1.54) is 75.3 Å². The zero-order valence-electron chi connectivity index (χ0n) is 23.9. The number of amides is 3. The third-order valence-electron chi connectivity index (χ3n) is 7.80. The Bertz CT molecular complexity index is 1830. The van der Waals surface area contributed by atoms with Crippen molar-refractivity contribution in [1.82, 2.24) is 14.7 Å². The summed E-state index contributed by atoms with van der Waals surface area (Å²) in [6.45, 7) is 2.42. The van der Waals surface area contributed by atoms with Crippen LogP contribution in [-0.2, 0) is 12.5 Å². The Morgan fingerprint density at radius 2 is 1.73 bits per heavy atom. The summed E-state index contributed by atoms with van der Waals surface area (Å²) in [5, 5.41) is 25.5. The molecule has 13 heteroatoms. The number of nitriles is 1. The van der Waals surface area contributed by atoms with Crippen LogP contribution < -0.4 is 15.0 Å². The van der Waals surface area contributed by atoms with Gasteiger partial charge < -0.3 is 25.0 Å². The maximum Gasteiger partial charge on any atom is 0.407 e. The summed E-state index contributed by atoms with van der Waals surface area (Å²) < 4.78 is 37.4. The van der Waals surface area contributed by atoms with E-state index in [0.29, 0.717) is 5.69 Å². The minimum Gasteiger partial charge on any atom is -0.485 e. The first kappa shape index (κ1) is 29.3. The Hall–Kier alpha value is -5.77. The van der Waals surface area contributed by atoms with Gasteiger partial charge in [0.05, 0.1) is 43.0 Å². The van der Waals surface area contributed by atoms with Crippen molar-refractivity contribution in [3.05, 3.63) is 107 Å². The highest BCUT2D eigenvalue weighted by molar-refractivity contribution is 6.15. The number of halogens is 2. The van der Waals surface area contributed by atoms with Gasteiger partial charge in [-0.1, -0.05) is 42.5 Å². The first-order chi connectivity index (χ1) is 21.6. The highest BCUT2D eigenvalue weighted by Crippen LogP contribution is 2.37. The fourth-order valence-electron chi connectivity index (χ4n) is 5.42. The van der Waals surface area contributed by atoms with E-state index in [4.69, 9.17) is 9.84 Å². The predicted molar refractivity (Wildman–Crippen MR) is 158 cm³/mol. The van der Waals surface area contributed by atoms with Gasteiger partial charge in [0.15, 0.2) is 0 Å². The molecule has 11 nitrogen and oxygen atoms in total. The molecule has 4 aromatic rings. The van der Waals surface area contributed by atoms with E-state index in [-0.39, 0.29) is 71.2 Å². The maximum absolute atomic E-state index is 15.1. The molecule has 0 saturated carbocycles. The number of rotatable bonds is 7. The molecule has 1 aromatic heterocycles. The van der Waals surface area contributed by atoms with Crippen LogP contribution in [0, 0.1) is 11.3 Å². The topological polar surface area (TPSA) is 141 Å². The molecule has 3 heterocycles. The maximum atomic E-state index is 15.1. The average Bonchev–Trinajstić information content (AvgIpc) is 3.44. The van der Waals surface area contributed by atoms with Crippen molar-refractivity contribution in [1.29, 1.82) is 5.26 Å². The van der Waals surface area contributed by atoms with Crippen LogP contribution in [0.1, 0.15) is 44.5 Å². The Morgan fingerprint density at radius 3 is 2.40 bits per heavy atom. The molecular formula is C32H26F2N6O5. The fourth-order valence-corrected chi connectivity index (χ4v) is 5.42. The van der Waals surface area contributed by atoms with E-state index < -0.39 is 23.8 Å². The monoisotopic (exact) mass is 612 g/mol. The summed E-state index contributed by atoms with van der Waals surface area (Å²) in [5.74, 6) is -4.13. The lowest BCUT2D eigenvalue weighted by Crippen LogP contribution is -2.55. The smallest absolute Gasteiger partial charge is 0.407 e. The minimum absolute atomic E-state index is 0.00574. The van der Waals surface area contributed by atoms with Crippen molar-refractivity contribution in [3.63, 3.8) is 0 Å². The van der Waals surface area contributed by atoms with Crippen LogP contribution in [0.15, 0.2) is 79.0 Å². The van der Waals surface area contributed by atoms with E-state index in [0.717, 1.165) is 0 Å². The van der Waals surface area contributed by atoms with Crippen molar-refractivity contribution >= 4 is 29.3 Å². The lowest BCUT2D eigenvalue weighted by Gasteiger charge is -2.36. The molecule has 2 N–H and O–H groups in total. The molecule has 3 amide bonds. The Kier molecular flexibility index (Phi) is 7.41. The second-order valence-electron chi connectivity index (χ2n) is 10.8. The standard InChI is InChI=1S/C32H26F2N6O5/c1-19-16-39-28(30(42)40(19)24-10-7-22(8-11-24)32(33,34)21-5-3-2-4-6-21)26(15-36-39)29(41)37-23-9-12-27(20(13-23)14-35)45-25-17-38(18-25)31(43)44/h2-13,15,19,25H,16-18H2,1H3,(H,37,41)(H,43,44)/t19-/m0/s1. The lowest BCUT2D eigenvalue weighted by molar-refractivity contribution is 0.0251. The van der Waals surface area contributed by atoms with Gasteiger partial charge in [-0.25, -0.2) is 4.79 Å². The lowest BCUT2D eigenvalue weighted by atomic mass is 9.99. The first-order valence-electron chi connectivity index (χ1n) is 14.0. The second kappa shape index (κ2) is 11.4. The number of fused-ring (bicyclic) bond motifs is 1. The van der Waals surface area contributed by atoms with Crippen molar-refractivity contribution in [2.45, 2.75) is 31.5 Å². The van der Waals surface area contributed by atoms with Crippen molar-refractivity contribution in [2.75, 3.05) is 23.3 Å². The average molecular weight is 613 g/mol. The number of carbonyl (C=O) groups excluding carboxylic acids is 2. The summed E-state index contributed by atoms with van der Waals surface area (Å²) in [4.78, 5) is 40.7. The zero-order chi connectivity index (χ0) is 31.9. The van der Waals surface area contributed by atoms with Crippen LogP contribution in [0.3, 0.4) is 0 Å². The van der Waals surface area contributed by atoms with Gasteiger partial charge in [0.1, 0.15) is 23.6 Å². The largest absolute Gasteiger partial charge is 0.485 e. The molecule has 228 valence electrons. The van der Waals surface area contributed by atoms with Crippen molar-refractivity contribution in [2.24, 2.45) is 0 Å². The number of alkyl halides is 2. The molecule has 2 aliphatic heterocycles. The molecule has 0 radical (unpaired) electrons. The van der Waals surface area contributed by atoms with Crippen molar-refractivity contribution in [3.8, 4) is 11.8 Å². The first-order valence-corrected chi connectivity index (χ1v) is 14.0. The summed E-state index contributed by atoms with van der Waals surface area (Å²) in [6.07, 6.45) is -0.149. The molecule has 2 aliphatic rings. The van der Waals surface area contributed by atoms with Gasteiger partial charge in [-0.05, 0) is 37.3 Å². The fraction of sp³-hybridized carbons (Fsp3) is 0.219. The minimum atomic E-state index is -3.23. The van der Waals surface area contributed by atoms with E-state index >= 15 is 8.78 Å². The van der Waals surface area contributed by atoms with Crippen LogP contribution in [0.5, 0.6) is 5.75 Å². The molecule has 0 spiro atoms. The van der Waals surface area contributed by atoms with Crippen LogP contribution in [0.25, 0.3) is 0 Å². The van der Waals surface area contributed by atoms with Gasteiger partial charge in [-0.15, -0.1) is 0 Å². The van der Waals surface area contributed by atoms with Gasteiger partial charge in [0, 0.05) is 22.5 Å². The highest BCUT2D eigenvalue weighted by atomic mass is 19.3. The van der Waals surface area contributed by atoms with Gasteiger partial charge in [-0.3, -0.25) is 14.3 Å². The van der Waals surface area contributed by atoms with Gasteiger partial charge in [0.25, 0.3) is 17.7 Å². The number of nitrogens with one attached hydrogen (secondary N) is 1. The molecule has 1 atom stereocenters. The quantitative estimate of drug-likeness (QED) is 0.301. The number of ether oxygens (including phenoxy) is 1. The van der Waals surface area contributed by atoms with Gasteiger partial charge in [0.2, 0.25) is 0 Å². The van der Waals surface area contributed by atoms with Crippen LogP contribution in [0.2, 0.25) is 0 Å². The molecule has 3 aromatic carbocycles. The molecule has 1 fully saturated rings. The molecule has 45 heavy (non-hydrogen) atoms. The zero-order valence-corrected chi connectivity index (χ0v) is 23.9. The van der Waals surface area contributed by atoms with Gasteiger partial charge >= 0.3 is 6.09 Å². The number of carbonyl (C=O) groups is 3. The third kappa shape index (κ3) is 5.42. The number of hydrogen-bond donors (Lipinski definition) is 2. The molecule has 0 unspecified atom stereocenters. The van der Waals surface area contributed by atoms with Crippen LogP contribution >= 0.6 is 0 Å². The Balaban J connectivity index is 1.19. The number of hydrogen-bond acceptors (Lipinski definition) is 6. The summed E-state index contributed by atoms with van der Waals surface area (Å²) in [6, 6.07) is 19.0. The van der Waals surface area contributed by atoms with Gasteiger partial charge in [-0.2, -0.15) is 19.1 Å². The van der Waals surface area contributed by atoms with Crippen molar-refractivity contribution < 1.29 is 33.0 Å².